The van der Waals surface area contributed by atoms with E-state index in [1.165, 1.54) is 29.5 Å². The molecule has 0 N–H and O–H groups in total. The standard InChI is InChI=1S/C10H14F7I/c1-3-4-5-7(2,18)6-8(11,12)9(13,14)10(15,16)17/h3-6H2,1-2H3. The summed E-state index contributed by atoms with van der Waals surface area (Å²) in [5, 5.41) is 0. The Labute approximate surface area is 114 Å². The van der Waals surface area contributed by atoms with E-state index in [0.29, 0.717) is 12.8 Å². The molecule has 110 valence electrons. The molecule has 0 radical (unpaired) electrons. The number of halogens is 8. The SMILES string of the molecule is CCCCC(C)(I)CC(F)(F)C(F)(F)C(F)(F)F. The van der Waals surface area contributed by atoms with E-state index >= 15 is 0 Å². The molecule has 0 fully saturated rings. The van der Waals surface area contributed by atoms with Crippen molar-refractivity contribution in [3.63, 3.8) is 0 Å². The summed E-state index contributed by atoms with van der Waals surface area (Å²) < 4.78 is 86.1. The maximum absolute atomic E-state index is 13.1. The molecular weight excluding hydrogens is 380 g/mol. The molecule has 0 nitrogen and oxygen atoms in total. The number of hydrogen-bond acceptors (Lipinski definition) is 0. The first kappa shape index (κ1) is 18.2. The average Bonchev–Trinajstić information content (AvgIpc) is 2.11. The van der Waals surface area contributed by atoms with Crippen molar-refractivity contribution in [3.8, 4) is 0 Å². The molecule has 0 bridgehead atoms. The van der Waals surface area contributed by atoms with Crippen LogP contribution < -0.4 is 0 Å². The Hall–Kier alpha value is 0.240. The molecule has 0 amide bonds. The Morgan fingerprint density at radius 1 is 0.944 bits per heavy atom. The van der Waals surface area contributed by atoms with Gasteiger partial charge in [-0.15, -0.1) is 0 Å². The van der Waals surface area contributed by atoms with Crippen molar-refractivity contribution in [3.05, 3.63) is 0 Å². The van der Waals surface area contributed by atoms with Crippen molar-refractivity contribution < 1.29 is 30.7 Å². The van der Waals surface area contributed by atoms with Gasteiger partial charge in [-0.2, -0.15) is 30.7 Å². The van der Waals surface area contributed by atoms with Gasteiger partial charge in [0, 0.05) is 9.84 Å². The van der Waals surface area contributed by atoms with E-state index in [4.69, 9.17) is 0 Å². The third-order valence-corrected chi connectivity index (χ3v) is 3.38. The quantitative estimate of drug-likeness (QED) is 0.313. The second-order valence-electron chi connectivity index (χ2n) is 4.47. The maximum Gasteiger partial charge on any atom is 0.459 e. The first-order valence-electron chi connectivity index (χ1n) is 5.28. The van der Waals surface area contributed by atoms with Gasteiger partial charge in [0.1, 0.15) is 0 Å². The van der Waals surface area contributed by atoms with Crippen LogP contribution in [0.5, 0.6) is 0 Å². The zero-order valence-electron chi connectivity index (χ0n) is 9.85. The number of hydrogen-bond donors (Lipinski definition) is 0. The molecular formula is C10H14F7I. The molecule has 1 unspecified atom stereocenters. The van der Waals surface area contributed by atoms with Gasteiger partial charge in [-0.3, -0.25) is 0 Å². The summed E-state index contributed by atoms with van der Waals surface area (Å²) in [6, 6.07) is 0. The summed E-state index contributed by atoms with van der Waals surface area (Å²) in [4.78, 5) is 0. The van der Waals surface area contributed by atoms with E-state index in [9.17, 15) is 30.7 Å². The second kappa shape index (κ2) is 5.70. The molecule has 0 aromatic rings. The van der Waals surface area contributed by atoms with Crippen LogP contribution >= 0.6 is 22.6 Å². The van der Waals surface area contributed by atoms with Crippen molar-refractivity contribution in [2.45, 2.75) is 61.0 Å². The Balaban J connectivity index is 4.95. The number of rotatable bonds is 6. The largest absolute Gasteiger partial charge is 0.459 e. The minimum Gasteiger partial charge on any atom is -0.199 e. The molecule has 1 atom stereocenters. The Kier molecular flexibility index (Phi) is 5.78. The van der Waals surface area contributed by atoms with Gasteiger partial charge >= 0.3 is 18.0 Å². The average molecular weight is 394 g/mol. The molecule has 18 heavy (non-hydrogen) atoms. The Morgan fingerprint density at radius 2 is 1.39 bits per heavy atom. The lowest BCUT2D eigenvalue weighted by Gasteiger charge is -2.33. The van der Waals surface area contributed by atoms with E-state index < -0.39 is 27.9 Å². The minimum absolute atomic E-state index is 0.160. The fourth-order valence-corrected chi connectivity index (χ4v) is 2.28. The fourth-order valence-electron chi connectivity index (χ4n) is 1.42. The predicted octanol–water partition coefficient (Wildman–Crippen LogP) is 5.59. The molecule has 0 aromatic carbocycles. The number of unbranched alkanes of at least 4 members (excludes halogenated alkanes) is 1. The number of alkyl halides is 8. The molecule has 0 spiro atoms. The highest BCUT2D eigenvalue weighted by Gasteiger charge is 2.73. The maximum atomic E-state index is 13.1. The molecule has 8 heteroatoms. The monoisotopic (exact) mass is 394 g/mol. The molecule has 0 saturated heterocycles. The van der Waals surface area contributed by atoms with E-state index in [1.54, 1.807) is 6.92 Å². The minimum atomic E-state index is -6.24. The van der Waals surface area contributed by atoms with E-state index in [2.05, 4.69) is 0 Å². The van der Waals surface area contributed by atoms with Crippen molar-refractivity contribution in [2.24, 2.45) is 0 Å². The zero-order chi connectivity index (χ0) is 14.8. The van der Waals surface area contributed by atoms with Crippen LogP contribution in [0.2, 0.25) is 0 Å². The topological polar surface area (TPSA) is 0 Å². The van der Waals surface area contributed by atoms with Crippen LogP contribution in [-0.4, -0.2) is 21.4 Å². The van der Waals surface area contributed by atoms with Gasteiger partial charge < -0.3 is 0 Å². The summed E-state index contributed by atoms with van der Waals surface area (Å²) >= 11 is 1.51. The van der Waals surface area contributed by atoms with Gasteiger partial charge in [-0.1, -0.05) is 49.3 Å². The van der Waals surface area contributed by atoms with Crippen LogP contribution in [0.15, 0.2) is 0 Å². The fraction of sp³-hybridized carbons (Fsp3) is 1.00. The molecule has 0 heterocycles. The Morgan fingerprint density at radius 3 is 1.72 bits per heavy atom. The molecule has 0 rings (SSSR count). The van der Waals surface area contributed by atoms with Crippen LogP contribution in [0.25, 0.3) is 0 Å². The third-order valence-electron chi connectivity index (χ3n) is 2.46. The van der Waals surface area contributed by atoms with Gasteiger partial charge in [0.2, 0.25) is 0 Å². The first-order chi connectivity index (χ1) is 7.77. The Bertz CT molecular complexity index is 270. The zero-order valence-corrected chi connectivity index (χ0v) is 12.0. The first-order valence-corrected chi connectivity index (χ1v) is 6.36. The van der Waals surface area contributed by atoms with Gasteiger partial charge in [0.05, 0.1) is 0 Å². The van der Waals surface area contributed by atoms with Gasteiger partial charge in [0.15, 0.2) is 0 Å². The summed E-state index contributed by atoms with van der Waals surface area (Å²) in [6.45, 7) is 3.03. The van der Waals surface area contributed by atoms with Crippen molar-refractivity contribution in [1.29, 1.82) is 0 Å². The van der Waals surface area contributed by atoms with Crippen LogP contribution in [-0.2, 0) is 0 Å². The second-order valence-corrected chi connectivity index (χ2v) is 7.07. The highest BCUT2D eigenvalue weighted by atomic mass is 127. The molecule has 0 aliphatic carbocycles. The predicted molar refractivity (Wildman–Crippen MR) is 62.5 cm³/mol. The van der Waals surface area contributed by atoms with Crippen molar-refractivity contribution in [1.82, 2.24) is 0 Å². The summed E-state index contributed by atoms with van der Waals surface area (Å²) in [7, 11) is 0. The van der Waals surface area contributed by atoms with Crippen LogP contribution in [0.1, 0.15) is 39.5 Å². The smallest absolute Gasteiger partial charge is 0.199 e. The van der Waals surface area contributed by atoms with Crippen molar-refractivity contribution >= 4 is 22.6 Å². The lowest BCUT2D eigenvalue weighted by atomic mass is 9.93. The van der Waals surface area contributed by atoms with Gasteiger partial charge in [0.25, 0.3) is 0 Å². The molecule has 0 aromatic heterocycles. The highest BCUT2D eigenvalue weighted by Crippen LogP contribution is 2.51. The normalized spacial score (nSPS) is 17.7. The van der Waals surface area contributed by atoms with Gasteiger partial charge in [-0.25, -0.2) is 0 Å². The lowest BCUT2D eigenvalue weighted by Crippen LogP contribution is -2.53. The highest BCUT2D eigenvalue weighted by molar-refractivity contribution is 14.1. The van der Waals surface area contributed by atoms with E-state index in [1.807, 2.05) is 0 Å². The van der Waals surface area contributed by atoms with Gasteiger partial charge in [-0.05, 0) is 6.42 Å². The third kappa shape index (κ3) is 4.41. The van der Waals surface area contributed by atoms with Crippen LogP contribution in [0, 0.1) is 0 Å². The van der Waals surface area contributed by atoms with Crippen molar-refractivity contribution in [2.75, 3.05) is 0 Å². The summed E-state index contributed by atoms with van der Waals surface area (Å²) in [5.41, 5.74) is 0. The molecule has 0 aliphatic rings. The van der Waals surface area contributed by atoms with Crippen LogP contribution in [0.3, 0.4) is 0 Å². The van der Waals surface area contributed by atoms with Crippen LogP contribution in [0.4, 0.5) is 30.7 Å². The summed E-state index contributed by atoms with van der Waals surface area (Å²) in [6.07, 6.45) is -6.44. The van der Waals surface area contributed by atoms with E-state index in [-0.39, 0.29) is 6.42 Å². The van der Waals surface area contributed by atoms with E-state index in [0.717, 1.165) is 0 Å². The molecule has 0 aliphatic heterocycles. The summed E-state index contributed by atoms with van der Waals surface area (Å²) in [5.74, 6) is -11.1. The molecule has 0 saturated carbocycles. The lowest BCUT2D eigenvalue weighted by molar-refractivity contribution is -0.356.